The number of carbonyl (C=O) groups excluding carboxylic acids is 1. The summed E-state index contributed by atoms with van der Waals surface area (Å²) < 4.78 is 12.1. The van der Waals surface area contributed by atoms with Gasteiger partial charge in [-0.3, -0.25) is 9.69 Å². The molecule has 1 amide bonds. The first-order chi connectivity index (χ1) is 17.3. The van der Waals surface area contributed by atoms with Gasteiger partial charge in [-0.25, -0.2) is 10.4 Å². The molecule has 0 spiro atoms. The van der Waals surface area contributed by atoms with Crippen LogP contribution >= 0.6 is 0 Å². The van der Waals surface area contributed by atoms with Gasteiger partial charge in [0.05, 0.1) is 5.71 Å². The van der Waals surface area contributed by atoms with Crippen LogP contribution in [-0.4, -0.2) is 46.7 Å². The van der Waals surface area contributed by atoms with Gasteiger partial charge in [-0.15, -0.1) is 0 Å². The molecule has 0 saturated heterocycles. The van der Waals surface area contributed by atoms with Gasteiger partial charge in [0.1, 0.15) is 17.9 Å². The lowest BCUT2D eigenvalue weighted by Gasteiger charge is -2.30. The quantitative estimate of drug-likeness (QED) is 0.384. The van der Waals surface area contributed by atoms with Crippen LogP contribution in [-0.2, 0) is 4.79 Å². The zero-order chi connectivity index (χ0) is 25.8. The maximum atomic E-state index is 12.3. The lowest BCUT2D eigenvalue weighted by molar-refractivity contribution is -0.126. The molecule has 2 heterocycles. The van der Waals surface area contributed by atoms with Gasteiger partial charge >= 0.3 is 0 Å². The molecule has 7 nitrogen and oxygen atoms in total. The number of nitrogens with zero attached hydrogens (tertiary/aromatic N) is 3. The minimum Gasteiger partial charge on any atom is -0.492 e. The Morgan fingerprint density at radius 2 is 1.75 bits per heavy atom. The fourth-order valence-electron chi connectivity index (χ4n) is 5.02. The van der Waals surface area contributed by atoms with Crippen LogP contribution in [0.2, 0.25) is 0 Å². The lowest BCUT2D eigenvalue weighted by Crippen LogP contribution is -2.40. The van der Waals surface area contributed by atoms with Crippen LogP contribution in [0.15, 0.2) is 52.0 Å². The third kappa shape index (κ3) is 5.62. The highest BCUT2D eigenvalue weighted by atomic mass is 16.5. The fraction of sp³-hybridized carbons (Fsp3) is 0.483. The summed E-state index contributed by atoms with van der Waals surface area (Å²) in [4.78, 5) is 19.3. The first-order valence-electron chi connectivity index (χ1n) is 13.1. The molecule has 0 fully saturated rings. The molecule has 0 aliphatic carbocycles. The molecular weight excluding hydrogens is 452 g/mol. The number of fused-ring (bicyclic) bond motifs is 1. The maximum Gasteiger partial charge on any atom is 0.243 e. The summed E-state index contributed by atoms with van der Waals surface area (Å²) in [5.74, 6) is 1.37. The average Bonchev–Trinajstić information content (AvgIpc) is 3.28. The molecule has 0 unspecified atom stereocenters. The molecule has 1 N–H and O–H groups in total. The van der Waals surface area contributed by atoms with E-state index >= 15 is 0 Å². The molecule has 0 bridgehead atoms. The van der Waals surface area contributed by atoms with Crippen LogP contribution in [0.1, 0.15) is 59.9 Å². The van der Waals surface area contributed by atoms with E-state index in [0.29, 0.717) is 30.2 Å². The van der Waals surface area contributed by atoms with Crippen molar-refractivity contribution < 1.29 is 13.9 Å². The van der Waals surface area contributed by atoms with Gasteiger partial charge in [-0.05, 0) is 70.5 Å². The maximum absolute atomic E-state index is 12.3. The Morgan fingerprint density at radius 1 is 1.06 bits per heavy atom. The molecule has 1 aliphatic rings. The summed E-state index contributed by atoms with van der Waals surface area (Å²) >= 11 is 0. The van der Waals surface area contributed by atoms with Crippen molar-refractivity contribution in [2.24, 2.45) is 16.9 Å². The minimum absolute atomic E-state index is 0.000672. The van der Waals surface area contributed by atoms with Crippen molar-refractivity contribution in [2.75, 3.05) is 13.2 Å². The van der Waals surface area contributed by atoms with Crippen LogP contribution in [0.3, 0.4) is 0 Å². The standard InChI is InChI=1S/C29H38N4O3/c1-7-8-24-20(6)27(31-32-28(24)34)22-11-14-25-26(17-22)36-29(30-25)21-9-12-23(13-10-21)35-16-15-33(18(2)3)19(4)5/h9-14,17-20,24H,7-8,15-16H2,1-6H3,(H,32,34)/t20-,24+/m1/s1. The molecular formula is C29H38N4O3. The molecule has 192 valence electrons. The average molecular weight is 491 g/mol. The Balaban J connectivity index is 1.46. The number of aromatic nitrogens is 1. The molecule has 2 aromatic carbocycles. The van der Waals surface area contributed by atoms with Crippen LogP contribution in [0, 0.1) is 11.8 Å². The highest BCUT2D eigenvalue weighted by Crippen LogP contribution is 2.30. The third-order valence-corrected chi connectivity index (χ3v) is 6.99. The van der Waals surface area contributed by atoms with Gasteiger partial charge in [-0.2, -0.15) is 5.10 Å². The molecule has 1 aromatic heterocycles. The van der Waals surface area contributed by atoms with Gasteiger partial charge in [0, 0.05) is 41.6 Å². The smallest absolute Gasteiger partial charge is 0.243 e. The van der Waals surface area contributed by atoms with E-state index < -0.39 is 0 Å². The lowest BCUT2D eigenvalue weighted by atomic mass is 9.82. The van der Waals surface area contributed by atoms with Crippen molar-refractivity contribution in [3.05, 3.63) is 48.0 Å². The Labute approximate surface area is 213 Å². The van der Waals surface area contributed by atoms with E-state index in [9.17, 15) is 4.79 Å². The summed E-state index contributed by atoms with van der Waals surface area (Å²) in [6, 6.07) is 14.8. The number of hydrazone groups is 1. The highest BCUT2D eigenvalue weighted by Gasteiger charge is 2.32. The molecule has 0 saturated carbocycles. The monoisotopic (exact) mass is 490 g/mol. The summed E-state index contributed by atoms with van der Waals surface area (Å²) in [5, 5.41) is 4.37. The second-order valence-corrected chi connectivity index (χ2v) is 10.2. The normalized spacial score (nSPS) is 18.2. The van der Waals surface area contributed by atoms with Crippen molar-refractivity contribution in [3.8, 4) is 17.2 Å². The number of benzene rings is 2. The van der Waals surface area contributed by atoms with Crippen molar-refractivity contribution in [2.45, 2.75) is 66.5 Å². The van der Waals surface area contributed by atoms with Crippen molar-refractivity contribution >= 4 is 22.7 Å². The number of carbonyl (C=O) groups is 1. The van der Waals surface area contributed by atoms with E-state index in [2.05, 4.69) is 62.0 Å². The van der Waals surface area contributed by atoms with Crippen LogP contribution in [0.4, 0.5) is 0 Å². The van der Waals surface area contributed by atoms with Crippen molar-refractivity contribution in [1.29, 1.82) is 0 Å². The van der Waals surface area contributed by atoms with Gasteiger partial charge in [-0.1, -0.05) is 26.3 Å². The first kappa shape index (κ1) is 25.9. The number of amides is 1. The predicted octanol–water partition coefficient (Wildman–Crippen LogP) is 5.88. The number of hydrogen-bond donors (Lipinski definition) is 1. The summed E-state index contributed by atoms with van der Waals surface area (Å²) in [6.45, 7) is 14.5. The number of hydrogen-bond acceptors (Lipinski definition) is 6. The molecule has 0 radical (unpaired) electrons. The van der Waals surface area contributed by atoms with Crippen LogP contribution < -0.4 is 10.2 Å². The molecule has 2 atom stereocenters. The van der Waals surface area contributed by atoms with E-state index in [1.54, 1.807) is 0 Å². The molecule has 4 rings (SSSR count). The van der Waals surface area contributed by atoms with Gasteiger partial charge < -0.3 is 9.15 Å². The van der Waals surface area contributed by atoms with E-state index in [1.165, 1.54) is 0 Å². The Hall–Kier alpha value is -3.19. The number of ether oxygens (including phenoxy) is 1. The predicted molar refractivity (Wildman–Crippen MR) is 144 cm³/mol. The zero-order valence-corrected chi connectivity index (χ0v) is 22.2. The van der Waals surface area contributed by atoms with Gasteiger partial charge in [0.2, 0.25) is 11.8 Å². The number of rotatable bonds is 10. The van der Waals surface area contributed by atoms with E-state index in [0.717, 1.165) is 47.5 Å². The number of nitrogens with one attached hydrogen (secondary N) is 1. The molecule has 7 heteroatoms. The summed E-state index contributed by atoms with van der Waals surface area (Å²) in [7, 11) is 0. The van der Waals surface area contributed by atoms with E-state index in [-0.39, 0.29) is 17.7 Å². The van der Waals surface area contributed by atoms with E-state index in [4.69, 9.17) is 9.15 Å². The van der Waals surface area contributed by atoms with Crippen molar-refractivity contribution in [1.82, 2.24) is 15.3 Å². The second-order valence-electron chi connectivity index (χ2n) is 10.2. The van der Waals surface area contributed by atoms with Crippen LogP contribution in [0.5, 0.6) is 5.75 Å². The SMILES string of the molecule is CCC[C@@H]1C(=O)NN=C(c2ccc3nc(-c4ccc(OCCN(C(C)C)C(C)C)cc4)oc3c2)[C@@H]1C. The topological polar surface area (TPSA) is 80.0 Å². The minimum atomic E-state index is -0.0666. The summed E-state index contributed by atoms with van der Waals surface area (Å²) in [5.41, 5.74) is 6.90. The summed E-state index contributed by atoms with van der Waals surface area (Å²) in [6.07, 6.45) is 1.80. The third-order valence-electron chi connectivity index (χ3n) is 6.99. The molecule has 36 heavy (non-hydrogen) atoms. The first-order valence-corrected chi connectivity index (χ1v) is 13.1. The van der Waals surface area contributed by atoms with Crippen molar-refractivity contribution in [3.63, 3.8) is 0 Å². The van der Waals surface area contributed by atoms with Crippen LogP contribution in [0.25, 0.3) is 22.6 Å². The van der Waals surface area contributed by atoms with E-state index in [1.807, 2.05) is 42.5 Å². The molecule has 3 aromatic rings. The second kappa shape index (κ2) is 11.2. The zero-order valence-electron chi connectivity index (χ0n) is 22.2. The largest absolute Gasteiger partial charge is 0.492 e. The Bertz CT molecular complexity index is 1200. The molecule has 1 aliphatic heterocycles. The highest BCUT2D eigenvalue weighted by molar-refractivity contribution is 6.07. The Kier molecular flexibility index (Phi) is 8.09. The van der Waals surface area contributed by atoms with Gasteiger partial charge in [0.25, 0.3) is 0 Å². The fourth-order valence-corrected chi connectivity index (χ4v) is 5.02. The Morgan fingerprint density at radius 3 is 2.42 bits per heavy atom. The van der Waals surface area contributed by atoms with Gasteiger partial charge in [0.15, 0.2) is 5.58 Å². The number of oxazole rings is 1.